The van der Waals surface area contributed by atoms with Gasteiger partial charge in [0.2, 0.25) is 0 Å². The fourth-order valence-corrected chi connectivity index (χ4v) is 7.90. The molecule has 1 N–H and O–H groups in total. The standard InChI is InChI=1S/C47H29N3O2/c1-2-11-28(12-3-1)32-26-38(44-36-16-7-9-19-40(36)52-42(44)27-32)47-49-45(31-23-24-34-30(25-31)22-21-29-13-4-5-14-33(29)34)48-46(50-47)37-17-10-20-41-43(37)35-15-6-8-18-39(35)51-41/h1-27,47H,(H,48,49,50). The fraction of sp³-hybridized carbons (Fsp3) is 0.0213. The zero-order valence-electron chi connectivity index (χ0n) is 27.9. The lowest BCUT2D eigenvalue weighted by Crippen LogP contribution is -2.33. The summed E-state index contributed by atoms with van der Waals surface area (Å²) in [7, 11) is 0. The molecule has 0 bridgehead atoms. The average molecular weight is 668 g/mol. The molecule has 244 valence electrons. The van der Waals surface area contributed by atoms with Crippen LogP contribution >= 0.6 is 0 Å². The van der Waals surface area contributed by atoms with Crippen LogP contribution in [0, 0.1) is 0 Å². The Morgan fingerprint density at radius 1 is 0.442 bits per heavy atom. The largest absolute Gasteiger partial charge is 0.456 e. The Kier molecular flexibility index (Phi) is 6.25. The summed E-state index contributed by atoms with van der Waals surface area (Å²) in [6.07, 6.45) is -0.476. The number of para-hydroxylation sites is 2. The molecular weight excluding hydrogens is 639 g/mol. The summed E-state index contributed by atoms with van der Waals surface area (Å²) in [4.78, 5) is 10.7. The number of amidine groups is 2. The van der Waals surface area contributed by atoms with Gasteiger partial charge in [0, 0.05) is 38.2 Å². The summed E-state index contributed by atoms with van der Waals surface area (Å²) in [6.45, 7) is 0. The highest BCUT2D eigenvalue weighted by Gasteiger charge is 2.27. The Morgan fingerprint density at radius 3 is 1.96 bits per heavy atom. The quantitative estimate of drug-likeness (QED) is 0.190. The van der Waals surface area contributed by atoms with Crippen molar-refractivity contribution in [3.8, 4) is 11.1 Å². The fourth-order valence-electron chi connectivity index (χ4n) is 7.90. The van der Waals surface area contributed by atoms with E-state index in [1.807, 2.05) is 42.5 Å². The molecule has 1 unspecified atom stereocenters. The van der Waals surface area contributed by atoms with E-state index in [0.29, 0.717) is 5.84 Å². The smallest absolute Gasteiger partial charge is 0.159 e. The SMILES string of the molecule is c1ccc(-c2cc(C3N=C(c4ccc5c(ccc6ccccc65)c4)N=C(c4cccc5oc6ccccc6c45)N3)c3c(c2)oc2ccccc23)cc1. The number of benzene rings is 8. The van der Waals surface area contributed by atoms with E-state index in [9.17, 15) is 0 Å². The van der Waals surface area contributed by atoms with E-state index in [1.54, 1.807) is 0 Å². The molecule has 0 spiro atoms. The first-order valence-electron chi connectivity index (χ1n) is 17.5. The summed E-state index contributed by atoms with van der Waals surface area (Å²) in [5.74, 6) is 1.39. The van der Waals surface area contributed by atoms with Crippen LogP contribution in [0.15, 0.2) is 183 Å². The third kappa shape index (κ3) is 4.49. The van der Waals surface area contributed by atoms with Crippen LogP contribution in [0.5, 0.6) is 0 Å². The van der Waals surface area contributed by atoms with Crippen LogP contribution in [-0.2, 0) is 0 Å². The van der Waals surface area contributed by atoms with Crippen LogP contribution < -0.4 is 5.32 Å². The van der Waals surface area contributed by atoms with Gasteiger partial charge in [-0.05, 0) is 69.1 Å². The molecule has 11 rings (SSSR count). The van der Waals surface area contributed by atoms with Crippen LogP contribution in [0.1, 0.15) is 22.9 Å². The Balaban J connectivity index is 1.17. The van der Waals surface area contributed by atoms with Gasteiger partial charge in [0.1, 0.15) is 34.3 Å². The van der Waals surface area contributed by atoms with Crippen LogP contribution in [0.4, 0.5) is 0 Å². The van der Waals surface area contributed by atoms with E-state index in [2.05, 4.69) is 127 Å². The third-order valence-electron chi connectivity index (χ3n) is 10.3. The average Bonchev–Trinajstić information content (AvgIpc) is 3.79. The minimum atomic E-state index is -0.476. The molecule has 1 atom stereocenters. The first-order chi connectivity index (χ1) is 25.7. The first-order valence-corrected chi connectivity index (χ1v) is 17.5. The number of nitrogens with zero attached hydrogens (tertiary/aromatic N) is 2. The minimum absolute atomic E-state index is 0.476. The lowest BCUT2D eigenvalue weighted by Gasteiger charge is -2.25. The molecule has 1 aliphatic rings. The highest BCUT2D eigenvalue weighted by atomic mass is 16.3. The molecular formula is C47H29N3O2. The van der Waals surface area contributed by atoms with Crippen LogP contribution in [0.3, 0.4) is 0 Å². The maximum Gasteiger partial charge on any atom is 0.159 e. The molecule has 3 heterocycles. The number of hydrogen-bond donors (Lipinski definition) is 1. The Labute approximate surface area is 298 Å². The van der Waals surface area contributed by atoms with Gasteiger partial charge in [-0.15, -0.1) is 0 Å². The number of aliphatic imine (C=N–C) groups is 2. The molecule has 0 saturated heterocycles. The van der Waals surface area contributed by atoms with Crippen LogP contribution in [-0.4, -0.2) is 11.7 Å². The molecule has 0 aliphatic carbocycles. The summed E-state index contributed by atoms with van der Waals surface area (Å²) in [5, 5.41) is 12.7. The normalized spacial score (nSPS) is 14.7. The van der Waals surface area contributed by atoms with Crippen molar-refractivity contribution in [1.82, 2.24) is 5.32 Å². The highest BCUT2D eigenvalue weighted by molar-refractivity contribution is 6.22. The predicted molar refractivity (Wildman–Crippen MR) is 213 cm³/mol. The number of fused-ring (bicyclic) bond motifs is 9. The molecule has 8 aromatic carbocycles. The Morgan fingerprint density at radius 2 is 1.12 bits per heavy atom. The molecule has 0 amide bonds. The summed E-state index contributed by atoms with van der Waals surface area (Å²) in [5.41, 5.74) is 8.41. The second kappa shape index (κ2) is 11.3. The van der Waals surface area contributed by atoms with Gasteiger partial charge < -0.3 is 14.2 Å². The maximum absolute atomic E-state index is 6.53. The third-order valence-corrected chi connectivity index (χ3v) is 10.3. The minimum Gasteiger partial charge on any atom is -0.456 e. The monoisotopic (exact) mass is 667 g/mol. The van der Waals surface area contributed by atoms with Crippen molar-refractivity contribution in [2.24, 2.45) is 9.98 Å². The second-order valence-electron chi connectivity index (χ2n) is 13.4. The predicted octanol–water partition coefficient (Wildman–Crippen LogP) is 12.0. The molecule has 0 fully saturated rings. The van der Waals surface area contributed by atoms with Gasteiger partial charge in [-0.25, -0.2) is 9.98 Å². The molecule has 0 saturated carbocycles. The number of hydrogen-bond acceptors (Lipinski definition) is 5. The lowest BCUT2D eigenvalue weighted by atomic mass is 9.96. The van der Waals surface area contributed by atoms with E-state index in [0.717, 1.165) is 82.9 Å². The van der Waals surface area contributed by atoms with Crippen molar-refractivity contribution >= 4 is 77.1 Å². The van der Waals surface area contributed by atoms with E-state index < -0.39 is 6.17 Å². The lowest BCUT2D eigenvalue weighted by molar-refractivity contribution is 0.662. The van der Waals surface area contributed by atoms with Crippen molar-refractivity contribution in [3.05, 3.63) is 180 Å². The van der Waals surface area contributed by atoms with Crippen molar-refractivity contribution in [1.29, 1.82) is 0 Å². The first kappa shape index (κ1) is 28.8. The summed E-state index contributed by atoms with van der Waals surface area (Å²) >= 11 is 0. The van der Waals surface area contributed by atoms with Crippen molar-refractivity contribution in [2.75, 3.05) is 0 Å². The van der Waals surface area contributed by atoms with E-state index in [4.69, 9.17) is 18.8 Å². The summed E-state index contributed by atoms with van der Waals surface area (Å²) in [6, 6.07) is 56.9. The van der Waals surface area contributed by atoms with Gasteiger partial charge in [-0.3, -0.25) is 0 Å². The van der Waals surface area contributed by atoms with Crippen molar-refractivity contribution in [2.45, 2.75) is 6.17 Å². The molecule has 52 heavy (non-hydrogen) atoms. The van der Waals surface area contributed by atoms with E-state index in [1.165, 1.54) is 16.2 Å². The van der Waals surface area contributed by atoms with Crippen LogP contribution in [0.25, 0.3) is 76.5 Å². The van der Waals surface area contributed by atoms with Gasteiger partial charge in [0.05, 0.1) is 0 Å². The van der Waals surface area contributed by atoms with E-state index in [-0.39, 0.29) is 0 Å². The molecule has 1 aliphatic heterocycles. The van der Waals surface area contributed by atoms with E-state index >= 15 is 0 Å². The Bertz CT molecular complexity index is 3110. The number of nitrogens with one attached hydrogen (secondary N) is 1. The molecule has 2 aromatic heterocycles. The van der Waals surface area contributed by atoms with Gasteiger partial charge in [-0.2, -0.15) is 0 Å². The topological polar surface area (TPSA) is 63.0 Å². The zero-order valence-corrected chi connectivity index (χ0v) is 27.9. The molecule has 5 heteroatoms. The van der Waals surface area contributed by atoms with Gasteiger partial charge >= 0.3 is 0 Å². The molecule has 5 nitrogen and oxygen atoms in total. The number of rotatable bonds is 4. The highest BCUT2D eigenvalue weighted by Crippen LogP contribution is 2.40. The van der Waals surface area contributed by atoms with Crippen molar-refractivity contribution < 1.29 is 8.83 Å². The van der Waals surface area contributed by atoms with Crippen molar-refractivity contribution in [3.63, 3.8) is 0 Å². The molecule has 0 radical (unpaired) electrons. The number of furan rings is 2. The summed E-state index contributed by atoms with van der Waals surface area (Å²) < 4.78 is 12.9. The zero-order chi connectivity index (χ0) is 34.2. The van der Waals surface area contributed by atoms with Gasteiger partial charge in [0.15, 0.2) is 5.84 Å². The Hall–Kier alpha value is -6.98. The second-order valence-corrected chi connectivity index (χ2v) is 13.4. The van der Waals surface area contributed by atoms with Gasteiger partial charge in [0.25, 0.3) is 0 Å². The molecule has 10 aromatic rings. The van der Waals surface area contributed by atoms with Crippen LogP contribution in [0.2, 0.25) is 0 Å². The van der Waals surface area contributed by atoms with Gasteiger partial charge in [-0.1, -0.05) is 127 Å². The maximum atomic E-state index is 6.53.